The molecule has 1 aromatic carbocycles. The Morgan fingerprint density at radius 1 is 1.24 bits per heavy atom. The molecule has 0 aliphatic heterocycles. The summed E-state index contributed by atoms with van der Waals surface area (Å²) in [7, 11) is 1.57. The van der Waals surface area contributed by atoms with Crippen molar-refractivity contribution in [3.05, 3.63) is 45.9 Å². The van der Waals surface area contributed by atoms with Gasteiger partial charge in [0, 0.05) is 16.6 Å². The SMILES string of the molecule is COc1ccc(C(=O)NC(C(=O)NCc2nc(C)cs2)C(C)C)cc1. The van der Waals surface area contributed by atoms with Crippen LogP contribution < -0.4 is 15.4 Å². The van der Waals surface area contributed by atoms with Gasteiger partial charge in [-0.15, -0.1) is 11.3 Å². The Morgan fingerprint density at radius 2 is 1.92 bits per heavy atom. The van der Waals surface area contributed by atoms with Crippen molar-refractivity contribution in [1.82, 2.24) is 15.6 Å². The predicted molar refractivity (Wildman–Crippen MR) is 97.8 cm³/mol. The van der Waals surface area contributed by atoms with Crippen molar-refractivity contribution >= 4 is 23.2 Å². The molecule has 2 rings (SSSR count). The van der Waals surface area contributed by atoms with Crippen LogP contribution in [0.1, 0.15) is 34.9 Å². The number of amides is 2. The third-order valence-corrected chi connectivity index (χ3v) is 4.64. The third-order valence-electron chi connectivity index (χ3n) is 3.67. The summed E-state index contributed by atoms with van der Waals surface area (Å²) >= 11 is 1.50. The van der Waals surface area contributed by atoms with Crippen molar-refractivity contribution in [2.45, 2.75) is 33.4 Å². The molecule has 2 amide bonds. The zero-order valence-electron chi connectivity index (χ0n) is 14.8. The number of hydrogen-bond acceptors (Lipinski definition) is 5. The van der Waals surface area contributed by atoms with Crippen LogP contribution in [0, 0.1) is 12.8 Å². The molecule has 25 heavy (non-hydrogen) atoms. The zero-order valence-corrected chi connectivity index (χ0v) is 15.6. The van der Waals surface area contributed by atoms with Gasteiger partial charge in [0.1, 0.15) is 16.8 Å². The molecular weight excluding hydrogens is 338 g/mol. The van der Waals surface area contributed by atoms with Gasteiger partial charge in [0.2, 0.25) is 5.91 Å². The van der Waals surface area contributed by atoms with E-state index in [4.69, 9.17) is 4.74 Å². The number of aryl methyl sites for hydroxylation is 1. The highest BCUT2D eigenvalue weighted by Crippen LogP contribution is 2.12. The van der Waals surface area contributed by atoms with E-state index in [2.05, 4.69) is 15.6 Å². The van der Waals surface area contributed by atoms with Gasteiger partial charge in [-0.1, -0.05) is 13.8 Å². The quantitative estimate of drug-likeness (QED) is 0.794. The van der Waals surface area contributed by atoms with Crippen molar-refractivity contribution in [2.75, 3.05) is 7.11 Å². The highest BCUT2D eigenvalue weighted by atomic mass is 32.1. The number of aromatic nitrogens is 1. The maximum Gasteiger partial charge on any atom is 0.251 e. The number of hydrogen-bond donors (Lipinski definition) is 2. The molecule has 1 aromatic heterocycles. The molecule has 0 saturated heterocycles. The molecule has 0 radical (unpaired) electrons. The summed E-state index contributed by atoms with van der Waals surface area (Å²) in [6.45, 7) is 6.06. The first-order valence-corrected chi connectivity index (χ1v) is 8.92. The number of ether oxygens (including phenoxy) is 1. The number of carbonyl (C=O) groups excluding carboxylic acids is 2. The molecule has 134 valence electrons. The number of methoxy groups -OCH3 is 1. The Kier molecular flexibility index (Phi) is 6.52. The zero-order chi connectivity index (χ0) is 18.4. The maximum atomic E-state index is 12.5. The fraction of sp³-hybridized carbons (Fsp3) is 0.389. The van der Waals surface area contributed by atoms with Gasteiger partial charge in [-0.05, 0) is 37.1 Å². The van der Waals surface area contributed by atoms with Crippen LogP contribution in [0.5, 0.6) is 5.75 Å². The molecule has 1 atom stereocenters. The molecule has 0 bridgehead atoms. The van der Waals surface area contributed by atoms with Crippen molar-refractivity contribution < 1.29 is 14.3 Å². The molecular formula is C18H23N3O3S. The second-order valence-electron chi connectivity index (χ2n) is 6.02. The van der Waals surface area contributed by atoms with Gasteiger partial charge >= 0.3 is 0 Å². The van der Waals surface area contributed by atoms with Crippen molar-refractivity contribution in [3.8, 4) is 5.75 Å². The summed E-state index contributed by atoms with van der Waals surface area (Å²) < 4.78 is 5.08. The van der Waals surface area contributed by atoms with Gasteiger partial charge in [0.05, 0.1) is 13.7 Å². The fourth-order valence-corrected chi connectivity index (χ4v) is 2.97. The lowest BCUT2D eigenvalue weighted by Crippen LogP contribution is -2.49. The number of carbonyl (C=O) groups is 2. The molecule has 0 spiro atoms. The van der Waals surface area contributed by atoms with E-state index in [1.165, 1.54) is 11.3 Å². The van der Waals surface area contributed by atoms with Gasteiger partial charge in [0.25, 0.3) is 5.91 Å². The van der Waals surface area contributed by atoms with Gasteiger partial charge in [0.15, 0.2) is 0 Å². The molecule has 1 unspecified atom stereocenters. The predicted octanol–water partition coefficient (Wildman–Crippen LogP) is 2.53. The van der Waals surface area contributed by atoms with E-state index >= 15 is 0 Å². The summed E-state index contributed by atoms with van der Waals surface area (Å²) in [6.07, 6.45) is 0. The Balaban J connectivity index is 1.98. The standard InChI is InChI=1S/C18H23N3O3S/c1-11(2)16(18(23)19-9-15-20-12(3)10-25-15)21-17(22)13-5-7-14(24-4)8-6-13/h5-8,10-11,16H,9H2,1-4H3,(H,19,23)(H,21,22). The van der Waals surface area contributed by atoms with Gasteiger partial charge < -0.3 is 15.4 Å². The minimum Gasteiger partial charge on any atom is -0.497 e. The van der Waals surface area contributed by atoms with Crippen LogP contribution in [0.3, 0.4) is 0 Å². The lowest BCUT2D eigenvalue weighted by atomic mass is 10.0. The average Bonchev–Trinajstić information content (AvgIpc) is 3.02. The lowest BCUT2D eigenvalue weighted by Gasteiger charge is -2.21. The van der Waals surface area contributed by atoms with E-state index in [1.807, 2.05) is 26.2 Å². The molecule has 2 N–H and O–H groups in total. The first kappa shape index (κ1) is 18.9. The normalized spacial score (nSPS) is 11.9. The largest absolute Gasteiger partial charge is 0.497 e. The summed E-state index contributed by atoms with van der Waals surface area (Å²) in [5, 5.41) is 8.43. The highest BCUT2D eigenvalue weighted by Gasteiger charge is 2.24. The van der Waals surface area contributed by atoms with Crippen LogP contribution in [0.2, 0.25) is 0 Å². The second kappa shape index (κ2) is 8.62. The minimum absolute atomic E-state index is 0.0415. The molecule has 6 nitrogen and oxygen atoms in total. The highest BCUT2D eigenvalue weighted by molar-refractivity contribution is 7.09. The van der Waals surface area contributed by atoms with Gasteiger partial charge in [-0.2, -0.15) is 0 Å². The third kappa shape index (κ3) is 5.29. The Bertz CT molecular complexity index is 725. The number of rotatable bonds is 7. The number of nitrogens with zero attached hydrogens (tertiary/aromatic N) is 1. The van der Waals surface area contributed by atoms with Crippen LogP contribution in [-0.2, 0) is 11.3 Å². The van der Waals surface area contributed by atoms with Crippen LogP contribution in [0.15, 0.2) is 29.6 Å². The smallest absolute Gasteiger partial charge is 0.251 e. The van der Waals surface area contributed by atoms with Crippen molar-refractivity contribution in [1.29, 1.82) is 0 Å². The maximum absolute atomic E-state index is 12.5. The molecule has 0 aliphatic rings. The van der Waals surface area contributed by atoms with Gasteiger partial charge in [-0.25, -0.2) is 4.98 Å². The molecule has 0 fully saturated rings. The van der Waals surface area contributed by atoms with Crippen LogP contribution in [-0.4, -0.2) is 29.9 Å². The number of thiazole rings is 1. The minimum atomic E-state index is -0.615. The van der Waals surface area contributed by atoms with E-state index in [-0.39, 0.29) is 17.7 Å². The Hall–Kier alpha value is -2.41. The summed E-state index contributed by atoms with van der Waals surface area (Å²) in [6, 6.07) is 6.15. The van der Waals surface area contributed by atoms with Crippen molar-refractivity contribution in [3.63, 3.8) is 0 Å². The molecule has 0 aliphatic carbocycles. The lowest BCUT2D eigenvalue weighted by molar-refractivity contribution is -0.124. The van der Waals surface area contributed by atoms with E-state index in [9.17, 15) is 9.59 Å². The van der Waals surface area contributed by atoms with E-state index in [0.717, 1.165) is 10.7 Å². The summed E-state index contributed by atoms with van der Waals surface area (Å²) in [5.41, 5.74) is 1.41. The van der Waals surface area contributed by atoms with E-state index in [1.54, 1.807) is 31.4 Å². The number of benzene rings is 1. The molecule has 7 heteroatoms. The molecule has 1 heterocycles. The Labute approximate surface area is 151 Å². The van der Waals surface area contributed by atoms with E-state index < -0.39 is 6.04 Å². The first-order valence-electron chi connectivity index (χ1n) is 8.04. The fourth-order valence-electron chi connectivity index (χ4n) is 2.26. The molecule has 0 saturated carbocycles. The monoisotopic (exact) mass is 361 g/mol. The van der Waals surface area contributed by atoms with Crippen LogP contribution in [0.4, 0.5) is 0 Å². The number of nitrogens with one attached hydrogen (secondary N) is 2. The van der Waals surface area contributed by atoms with Crippen LogP contribution >= 0.6 is 11.3 Å². The van der Waals surface area contributed by atoms with E-state index in [0.29, 0.717) is 17.9 Å². The topological polar surface area (TPSA) is 80.3 Å². The average molecular weight is 361 g/mol. The first-order chi connectivity index (χ1) is 11.9. The second-order valence-corrected chi connectivity index (χ2v) is 6.97. The Morgan fingerprint density at radius 3 is 2.44 bits per heavy atom. The van der Waals surface area contributed by atoms with Crippen LogP contribution in [0.25, 0.3) is 0 Å². The van der Waals surface area contributed by atoms with Gasteiger partial charge in [-0.3, -0.25) is 9.59 Å². The molecule has 2 aromatic rings. The summed E-state index contributed by atoms with van der Waals surface area (Å²) in [5.74, 6) is 0.125. The summed E-state index contributed by atoms with van der Waals surface area (Å²) in [4.78, 5) is 29.2. The van der Waals surface area contributed by atoms with Crippen molar-refractivity contribution in [2.24, 2.45) is 5.92 Å².